The van der Waals surface area contributed by atoms with E-state index in [1.807, 2.05) is 30.3 Å². The van der Waals surface area contributed by atoms with Crippen LogP contribution in [0.4, 0.5) is 5.13 Å². The topological polar surface area (TPSA) is 81.2 Å². The van der Waals surface area contributed by atoms with Crippen molar-refractivity contribution in [1.82, 2.24) is 9.97 Å². The second-order valence-electron chi connectivity index (χ2n) is 5.46. The van der Waals surface area contributed by atoms with Gasteiger partial charge in [-0.2, -0.15) is 0 Å². The molecule has 0 radical (unpaired) electrons. The van der Waals surface area contributed by atoms with E-state index in [0.29, 0.717) is 17.1 Å². The second kappa shape index (κ2) is 8.35. The Morgan fingerprint density at radius 1 is 1.12 bits per heavy atom. The van der Waals surface area contributed by atoms with Gasteiger partial charge in [-0.3, -0.25) is 15.1 Å². The lowest BCUT2D eigenvalue weighted by Crippen LogP contribution is -2.12. The van der Waals surface area contributed by atoms with Crippen LogP contribution in [0.2, 0.25) is 0 Å². The minimum atomic E-state index is -0.508. The number of esters is 1. The smallest absolute Gasteiger partial charge is 0.357 e. The fourth-order valence-corrected chi connectivity index (χ4v) is 3.34. The molecule has 3 rings (SSSR count). The molecule has 0 fully saturated rings. The molecule has 1 amide bonds. The number of pyridine rings is 1. The van der Waals surface area contributed by atoms with E-state index in [2.05, 4.69) is 15.3 Å². The maximum atomic E-state index is 12.3. The Balaban J connectivity index is 1.78. The Morgan fingerprint density at radius 3 is 2.62 bits per heavy atom. The molecule has 0 unspecified atom stereocenters. The molecule has 0 atom stereocenters. The van der Waals surface area contributed by atoms with Crippen LogP contribution in [0.3, 0.4) is 0 Å². The summed E-state index contributed by atoms with van der Waals surface area (Å²) >= 11 is 1.28. The SMILES string of the molecule is COC(=O)c1nc(NC(=O)c2cccnc2)sc1CCc1ccccc1. The number of hydrogen-bond donors (Lipinski definition) is 1. The summed E-state index contributed by atoms with van der Waals surface area (Å²) in [6.07, 6.45) is 4.47. The lowest BCUT2D eigenvalue weighted by Gasteiger charge is -2.01. The number of benzene rings is 1. The fraction of sp³-hybridized carbons (Fsp3) is 0.158. The van der Waals surface area contributed by atoms with Gasteiger partial charge in [-0.15, -0.1) is 11.3 Å². The summed E-state index contributed by atoms with van der Waals surface area (Å²) < 4.78 is 4.81. The molecular formula is C19H17N3O3S. The van der Waals surface area contributed by atoms with E-state index in [1.54, 1.807) is 18.3 Å². The molecule has 6 nitrogen and oxygen atoms in total. The molecule has 0 aliphatic carbocycles. The van der Waals surface area contributed by atoms with Crippen molar-refractivity contribution in [3.8, 4) is 0 Å². The number of nitrogens with one attached hydrogen (secondary N) is 1. The number of methoxy groups -OCH3 is 1. The van der Waals surface area contributed by atoms with Gasteiger partial charge < -0.3 is 4.74 Å². The standard InChI is InChI=1S/C19H17N3O3S/c1-25-18(24)16-15(10-9-13-6-3-2-4-7-13)26-19(21-16)22-17(23)14-8-5-11-20-12-14/h2-8,11-12H,9-10H2,1H3,(H,21,22,23). The summed E-state index contributed by atoms with van der Waals surface area (Å²) in [6.45, 7) is 0. The highest BCUT2D eigenvalue weighted by atomic mass is 32.1. The number of ether oxygens (including phenoxy) is 1. The molecule has 2 aromatic heterocycles. The molecule has 132 valence electrons. The minimum Gasteiger partial charge on any atom is -0.464 e. The van der Waals surface area contributed by atoms with E-state index in [-0.39, 0.29) is 11.6 Å². The maximum absolute atomic E-state index is 12.3. The van der Waals surface area contributed by atoms with Gasteiger partial charge >= 0.3 is 5.97 Å². The van der Waals surface area contributed by atoms with Gasteiger partial charge in [0.05, 0.1) is 12.7 Å². The zero-order valence-electron chi connectivity index (χ0n) is 14.1. The van der Waals surface area contributed by atoms with Crippen LogP contribution in [0, 0.1) is 0 Å². The van der Waals surface area contributed by atoms with Crippen LogP contribution in [0.1, 0.15) is 31.3 Å². The molecule has 0 saturated heterocycles. The van der Waals surface area contributed by atoms with Gasteiger partial charge in [0.25, 0.3) is 5.91 Å². The third-order valence-corrected chi connectivity index (χ3v) is 4.73. The van der Waals surface area contributed by atoms with Crippen LogP contribution in [-0.2, 0) is 17.6 Å². The summed E-state index contributed by atoms with van der Waals surface area (Å²) in [6, 6.07) is 13.3. The number of aryl methyl sites for hydroxylation is 2. The van der Waals surface area contributed by atoms with Crippen molar-refractivity contribution < 1.29 is 14.3 Å². The minimum absolute atomic E-state index is 0.245. The molecule has 3 aromatic rings. The van der Waals surface area contributed by atoms with Gasteiger partial charge in [0.1, 0.15) is 0 Å². The quantitative estimate of drug-likeness (QED) is 0.676. The van der Waals surface area contributed by atoms with Crippen LogP contribution in [0.5, 0.6) is 0 Å². The number of carbonyl (C=O) groups excluding carboxylic acids is 2. The first-order chi connectivity index (χ1) is 12.7. The van der Waals surface area contributed by atoms with E-state index < -0.39 is 5.97 Å². The van der Waals surface area contributed by atoms with Gasteiger partial charge in [0, 0.05) is 17.3 Å². The molecule has 7 heteroatoms. The lowest BCUT2D eigenvalue weighted by molar-refractivity contribution is 0.0593. The number of anilines is 1. The van der Waals surface area contributed by atoms with E-state index in [4.69, 9.17) is 4.74 Å². The predicted molar refractivity (Wildman–Crippen MR) is 99.5 cm³/mol. The zero-order valence-corrected chi connectivity index (χ0v) is 15.0. The lowest BCUT2D eigenvalue weighted by atomic mass is 10.1. The van der Waals surface area contributed by atoms with Gasteiger partial charge in [0.2, 0.25) is 0 Å². The van der Waals surface area contributed by atoms with Gasteiger partial charge in [0.15, 0.2) is 10.8 Å². The molecule has 0 bridgehead atoms. The first-order valence-electron chi connectivity index (χ1n) is 8.00. The molecule has 0 aliphatic rings. The Hall–Kier alpha value is -3.06. The van der Waals surface area contributed by atoms with E-state index in [1.165, 1.54) is 24.6 Å². The summed E-state index contributed by atoms with van der Waals surface area (Å²) in [4.78, 5) is 33.2. The van der Waals surface area contributed by atoms with E-state index in [9.17, 15) is 9.59 Å². The summed E-state index contributed by atoms with van der Waals surface area (Å²) in [7, 11) is 1.32. The fourth-order valence-electron chi connectivity index (χ4n) is 2.40. The Labute approximate surface area is 154 Å². The average molecular weight is 367 g/mol. The van der Waals surface area contributed by atoms with Gasteiger partial charge in [-0.25, -0.2) is 9.78 Å². The first kappa shape index (κ1) is 17.8. The Bertz CT molecular complexity index is 895. The van der Waals surface area contributed by atoms with Crippen molar-refractivity contribution in [2.75, 3.05) is 12.4 Å². The summed E-state index contributed by atoms with van der Waals surface area (Å²) in [5.74, 6) is -0.830. The highest BCUT2D eigenvalue weighted by Crippen LogP contribution is 2.26. The van der Waals surface area contributed by atoms with Crippen molar-refractivity contribution >= 4 is 28.3 Å². The zero-order chi connectivity index (χ0) is 18.4. The molecule has 26 heavy (non-hydrogen) atoms. The molecule has 0 saturated carbocycles. The van der Waals surface area contributed by atoms with E-state index in [0.717, 1.165) is 16.9 Å². The monoisotopic (exact) mass is 367 g/mol. The number of amides is 1. The number of rotatable bonds is 6. The van der Waals surface area contributed by atoms with Crippen molar-refractivity contribution in [1.29, 1.82) is 0 Å². The first-order valence-corrected chi connectivity index (χ1v) is 8.82. The normalized spacial score (nSPS) is 10.3. The molecule has 1 aromatic carbocycles. The Kier molecular flexibility index (Phi) is 5.70. The van der Waals surface area contributed by atoms with Gasteiger partial charge in [-0.1, -0.05) is 30.3 Å². The summed E-state index contributed by atoms with van der Waals surface area (Å²) in [5.41, 5.74) is 1.83. The number of hydrogen-bond acceptors (Lipinski definition) is 6. The second-order valence-corrected chi connectivity index (χ2v) is 6.55. The largest absolute Gasteiger partial charge is 0.464 e. The predicted octanol–water partition coefficient (Wildman–Crippen LogP) is 3.36. The molecule has 0 aliphatic heterocycles. The Morgan fingerprint density at radius 2 is 1.92 bits per heavy atom. The number of nitrogens with zero attached hydrogens (tertiary/aromatic N) is 2. The van der Waals surface area contributed by atoms with E-state index >= 15 is 0 Å². The van der Waals surface area contributed by atoms with Crippen molar-refractivity contribution in [2.45, 2.75) is 12.8 Å². The average Bonchev–Trinajstić information content (AvgIpc) is 3.10. The highest BCUT2D eigenvalue weighted by Gasteiger charge is 2.20. The van der Waals surface area contributed by atoms with Crippen LogP contribution in [0.25, 0.3) is 0 Å². The third-order valence-electron chi connectivity index (χ3n) is 3.70. The number of carbonyl (C=O) groups is 2. The highest BCUT2D eigenvalue weighted by molar-refractivity contribution is 7.16. The third kappa shape index (κ3) is 4.31. The molecular weight excluding hydrogens is 350 g/mol. The maximum Gasteiger partial charge on any atom is 0.357 e. The number of thiazole rings is 1. The molecule has 2 heterocycles. The van der Waals surface area contributed by atoms with Crippen LogP contribution in [-0.4, -0.2) is 29.0 Å². The van der Waals surface area contributed by atoms with Crippen molar-refractivity contribution in [3.05, 3.63) is 76.6 Å². The van der Waals surface area contributed by atoms with Crippen molar-refractivity contribution in [3.63, 3.8) is 0 Å². The number of aromatic nitrogens is 2. The van der Waals surface area contributed by atoms with Crippen LogP contribution in [0.15, 0.2) is 54.9 Å². The van der Waals surface area contributed by atoms with Crippen molar-refractivity contribution in [2.24, 2.45) is 0 Å². The van der Waals surface area contributed by atoms with Crippen LogP contribution < -0.4 is 5.32 Å². The molecule has 0 spiro atoms. The van der Waals surface area contributed by atoms with Crippen LogP contribution >= 0.6 is 11.3 Å². The molecule has 1 N–H and O–H groups in total. The van der Waals surface area contributed by atoms with Gasteiger partial charge in [-0.05, 0) is 30.5 Å². The summed E-state index contributed by atoms with van der Waals surface area (Å²) in [5, 5.41) is 3.08.